The summed E-state index contributed by atoms with van der Waals surface area (Å²) in [6.07, 6.45) is 4.23. The van der Waals surface area contributed by atoms with Gasteiger partial charge < -0.3 is 19.9 Å². The van der Waals surface area contributed by atoms with Crippen LogP contribution in [0.4, 0.5) is 8.78 Å². The van der Waals surface area contributed by atoms with Gasteiger partial charge in [0.2, 0.25) is 0 Å². The number of nitrogens with zero attached hydrogens (tertiary/aromatic N) is 1. The molecule has 9 heteroatoms. The average Bonchev–Trinajstić information content (AvgIpc) is 2.72. The number of benzene rings is 1. The Balaban J connectivity index is 1.56. The first-order valence-electron chi connectivity index (χ1n) is 10.4. The van der Waals surface area contributed by atoms with Crippen molar-refractivity contribution in [3.63, 3.8) is 0 Å². The second-order valence-electron chi connectivity index (χ2n) is 8.17. The molecule has 3 rings (SSSR count). The van der Waals surface area contributed by atoms with Crippen molar-refractivity contribution < 1.29 is 28.2 Å². The number of ether oxygens (including phenoxy) is 2. The summed E-state index contributed by atoms with van der Waals surface area (Å²) in [5.41, 5.74) is 0.766. The molecule has 0 saturated heterocycles. The van der Waals surface area contributed by atoms with Crippen molar-refractivity contribution in [3.8, 4) is 5.75 Å². The Kier molecular flexibility index (Phi) is 8.02. The highest BCUT2D eigenvalue weighted by Gasteiger charge is 2.24. The van der Waals surface area contributed by atoms with Gasteiger partial charge in [0.15, 0.2) is 0 Å². The summed E-state index contributed by atoms with van der Waals surface area (Å²) in [5.74, 6) is -0.253. The van der Waals surface area contributed by atoms with E-state index in [2.05, 4.69) is 15.0 Å². The molecule has 1 aromatic heterocycles. The van der Waals surface area contributed by atoms with Gasteiger partial charge in [-0.25, -0.2) is 0 Å². The van der Waals surface area contributed by atoms with E-state index in [1.54, 1.807) is 6.07 Å². The highest BCUT2D eigenvalue weighted by molar-refractivity contribution is 6.32. The van der Waals surface area contributed by atoms with E-state index in [4.69, 9.17) is 16.3 Å². The van der Waals surface area contributed by atoms with Gasteiger partial charge in [-0.15, -0.1) is 0 Å². The maximum Gasteiger partial charge on any atom is 0.387 e. The molecule has 31 heavy (non-hydrogen) atoms. The fraction of sp³-hybridized carbons (Fsp3) is 0.545. The number of nitrogens with one attached hydrogen (secondary N) is 1. The van der Waals surface area contributed by atoms with Crippen molar-refractivity contribution in [2.24, 2.45) is 5.92 Å². The molecule has 1 atom stereocenters. The molecule has 1 heterocycles. The summed E-state index contributed by atoms with van der Waals surface area (Å²) in [7, 11) is 0. The third-order valence-electron chi connectivity index (χ3n) is 5.49. The van der Waals surface area contributed by atoms with Gasteiger partial charge in [-0.3, -0.25) is 9.78 Å². The first-order valence-corrected chi connectivity index (χ1v) is 10.8. The zero-order valence-corrected chi connectivity index (χ0v) is 18.2. The topological polar surface area (TPSA) is 80.7 Å². The number of carbonyl (C=O) groups excluding carboxylic acids is 1. The van der Waals surface area contributed by atoms with E-state index >= 15 is 0 Å². The lowest BCUT2D eigenvalue weighted by atomic mass is 9.92. The standard InChI is InChI=1S/C22H27ClF2N2O4/c1-12(2)19(28)11-30-16-5-3-15(4-6-16)27-21(29)14-7-13-8-17(23)20(31-22(24)25)9-18(13)26-10-14/h7-10,12,15-16,19,22,28H,3-6,11H2,1-2H3,(H,27,29). The molecule has 2 N–H and O–H groups in total. The monoisotopic (exact) mass is 456 g/mol. The summed E-state index contributed by atoms with van der Waals surface area (Å²) in [6.45, 7) is 1.24. The smallest absolute Gasteiger partial charge is 0.387 e. The van der Waals surface area contributed by atoms with Crippen molar-refractivity contribution in [3.05, 3.63) is 35.0 Å². The number of carbonyl (C=O) groups is 1. The van der Waals surface area contributed by atoms with Crippen LogP contribution < -0.4 is 10.1 Å². The number of hydrogen-bond donors (Lipinski definition) is 2. The zero-order chi connectivity index (χ0) is 22.5. The number of aliphatic hydroxyl groups is 1. The molecule has 0 radical (unpaired) electrons. The van der Waals surface area contributed by atoms with Gasteiger partial charge in [0, 0.05) is 23.7 Å². The Morgan fingerprint density at radius 3 is 2.61 bits per heavy atom. The predicted octanol–water partition coefficient (Wildman–Crippen LogP) is 4.56. The van der Waals surface area contributed by atoms with Crippen LogP contribution in [0.5, 0.6) is 5.75 Å². The molecule has 0 bridgehead atoms. The number of alkyl halides is 2. The molecular formula is C22H27ClF2N2O4. The SMILES string of the molecule is CC(C)C(O)COC1CCC(NC(=O)c2cnc3cc(OC(F)F)c(Cl)cc3c2)CC1. The molecule has 1 amide bonds. The fourth-order valence-corrected chi connectivity index (χ4v) is 3.73. The summed E-state index contributed by atoms with van der Waals surface area (Å²) in [4.78, 5) is 16.8. The minimum Gasteiger partial charge on any atom is -0.433 e. The summed E-state index contributed by atoms with van der Waals surface area (Å²) < 4.78 is 35.1. The van der Waals surface area contributed by atoms with Gasteiger partial charge in [-0.1, -0.05) is 25.4 Å². The first-order chi connectivity index (χ1) is 14.7. The van der Waals surface area contributed by atoms with E-state index in [0.717, 1.165) is 25.7 Å². The van der Waals surface area contributed by atoms with Crippen LogP contribution in [0.1, 0.15) is 49.9 Å². The van der Waals surface area contributed by atoms with E-state index in [1.807, 2.05) is 13.8 Å². The average molecular weight is 457 g/mol. The molecule has 1 aromatic carbocycles. The molecule has 1 aliphatic rings. The van der Waals surface area contributed by atoms with E-state index < -0.39 is 12.7 Å². The van der Waals surface area contributed by atoms with Crippen LogP contribution >= 0.6 is 11.6 Å². The largest absolute Gasteiger partial charge is 0.433 e. The molecule has 170 valence electrons. The van der Waals surface area contributed by atoms with Crippen molar-refractivity contribution in [2.75, 3.05) is 6.61 Å². The fourth-order valence-electron chi connectivity index (χ4n) is 3.51. The van der Waals surface area contributed by atoms with Crippen LogP contribution in [0.3, 0.4) is 0 Å². The van der Waals surface area contributed by atoms with Crippen molar-refractivity contribution in [1.82, 2.24) is 10.3 Å². The number of aromatic nitrogens is 1. The molecule has 1 unspecified atom stereocenters. The minimum atomic E-state index is -2.99. The number of aliphatic hydroxyl groups excluding tert-OH is 1. The lowest BCUT2D eigenvalue weighted by molar-refractivity contribution is -0.0497. The molecule has 6 nitrogen and oxygen atoms in total. The van der Waals surface area contributed by atoms with Crippen molar-refractivity contribution >= 4 is 28.4 Å². The third kappa shape index (κ3) is 6.48. The van der Waals surface area contributed by atoms with E-state index in [1.165, 1.54) is 18.3 Å². The Bertz CT molecular complexity index is 904. The Hall–Kier alpha value is -2.03. The Labute approximate surface area is 184 Å². The number of pyridine rings is 1. The van der Waals surface area contributed by atoms with Gasteiger partial charge in [0.05, 0.1) is 34.9 Å². The molecule has 1 aliphatic carbocycles. The van der Waals surface area contributed by atoms with Crippen LogP contribution in [0.2, 0.25) is 5.02 Å². The van der Waals surface area contributed by atoms with Gasteiger partial charge in [-0.05, 0) is 43.7 Å². The minimum absolute atomic E-state index is 0.0214. The summed E-state index contributed by atoms with van der Waals surface area (Å²) in [5, 5.41) is 13.5. The predicted molar refractivity (Wildman–Crippen MR) is 114 cm³/mol. The Morgan fingerprint density at radius 1 is 1.26 bits per heavy atom. The van der Waals surface area contributed by atoms with Crippen LogP contribution in [0.25, 0.3) is 10.9 Å². The third-order valence-corrected chi connectivity index (χ3v) is 5.79. The zero-order valence-electron chi connectivity index (χ0n) is 17.5. The van der Waals surface area contributed by atoms with Crippen LogP contribution in [0.15, 0.2) is 24.4 Å². The Morgan fingerprint density at radius 2 is 1.97 bits per heavy atom. The summed E-state index contributed by atoms with van der Waals surface area (Å²) >= 11 is 6.00. The first kappa shape index (κ1) is 23.6. The molecule has 0 aliphatic heterocycles. The second-order valence-corrected chi connectivity index (χ2v) is 8.58. The quantitative estimate of drug-likeness (QED) is 0.608. The molecule has 0 spiro atoms. The number of rotatable bonds is 8. The van der Waals surface area contributed by atoms with E-state index in [-0.39, 0.29) is 34.7 Å². The number of fused-ring (bicyclic) bond motifs is 1. The van der Waals surface area contributed by atoms with Crippen LogP contribution in [-0.4, -0.2) is 47.5 Å². The highest BCUT2D eigenvalue weighted by atomic mass is 35.5. The van der Waals surface area contributed by atoms with E-state index in [0.29, 0.717) is 23.1 Å². The van der Waals surface area contributed by atoms with Crippen LogP contribution in [0, 0.1) is 5.92 Å². The van der Waals surface area contributed by atoms with Crippen LogP contribution in [-0.2, 0) is 4.74 Å². The second kappa shape index (κ2) is 10.5. The molecule has 1 saturated carbocycles. The highest BCUT2D eigenvalue weighted by Crippen LogP contribution is 2.31. The number of hydrogen-bond acceptors (Lipinski definition) is 5. The maximum absolute atomic E-state index is 12.7. The lowest BCUT2D eigenvalue weighted by Crippen LogP contribution is -2.39. The normalized spacial score (nSPS) is 20.3. The number of amides is 1. The van der Waals surface area contributed by atoms with E-state index in [9.17, 15) is 18.7 Å². The van der Waals surface area contributed by atoms with Gasteiger partial charge in [0.1, 0.15) is 5.75 Å². The molecule has 2 aromatic rings. The van der Waals surface area contributed by atoms with Gasteiger partial charge in [0.25, 0.3) is 5.91 Å². The van der Waals surface area contributed by atoms with Gasteiger partial charge in [-0.2, -0.15) is 8.78 Å². The number of halogens is 3. The summed E-state index contributed by atoms with van der Waals surface area (Å²) in [6, 6.07) is 4.43. The molecular weight excluding hydrogens is 430 g/mol. The van der Waals surface area contributed by atoms with Crippen molar-refractivity contribution in [2.45, 2.75) is 64.4 Å². The molecule has 1 fully saturated rings. The van der Waals surface area contributed by atoms with Crippen molar-refractivity contribution in [1.29, 1.82) is 0 Å². The lowest BCUT2D eigenvalue weighted by Gasteiger charge is -2.30. The van der Waals surface area contributed by atoms with Gasteiger partial charge >= 0.3 is 6.61 Å². The maximum atomic E-state index is 12.7.